The first-order chi connectivity index (χ1) is 13.0. The Bertz CT molecular complexity index is 884. The molecule has 1 N–H and O–H groups in total. The van der Waals surface area contributed by atoms with Gasteiger partial charge in [0, 0.05) is 6.42 Å². The van der Waals surface area contributed by atoms with Crippen LogP contribution in [0.3, 0.4) is 0 Å². The molecule has 7 heteroatoms. The molecule has 2 aromatic carbocycles. The Labute approximate surface area is 155 Å². The summed E-state index contributed by atoms with van der Waals surface area (Å²) in [6, 6.07) is 13.1. The Balaban J connectivity index is 1.61. The smallest absolute Gasteiger partial charge is 0.306 e. The van der Waals surface area contributed by atoms with Crippen LogP contribution in [0.25, 0.3) is 0 Å². The minimum atomic E-state index is -1.06. The van der Waals surface area contributed by atoms with Gasteiger partial charge in [-0.2, -0.15) is 0 Å². The molecule has 0 aliphatic carbocycles. The van der Waals surface area contributed by atoms with Crippen molar-refractivity contribution in [1.82, 2.24) is 0 Å². The SMILES string of the molecule is C[C@H](OC(=O)CCc1ccccc1F)C(=O)N1CC(=O)Nc2ccccc21. The maximum Gasteiger partial charge on any atom is 0.306 e. The van der Waals surface area contributed by atoms with Crippen LogP contribution in [0.15, 0.2) is 48.5 Å². The molecule has 1 aliphatic heterocycles. The van der Waals surface area contributed by atoms with Crippen LogP contribution in [0.2, 0.25) is 0 Å². The molecule has 0 saturated carbocycles. The second-order valence-electron chi connectivity index (χ2n) is 6.21. The number of esters is 1. The summed E-state index contributed by atoms with van der Waals surface area (Å²) in [5, 5.41) is 2.69. The maximum absolute atomic E-state index is 13.6. The summed E-state index contributed by atoms with van der Waals surface area (Å²) in [7, 11) is 0. The highest BCUT2D eigenvalue weighted by atomic mass is 19.1. The van der Waals surface area contributed by atoms with Gasteiger partial charge in [-0.3, -0.25) is 19.3 Å². The summed E-state index contributed by atoms with van der Waals surface area (Å²) < 4.78 is 18.8. The van der Waals surface area contributed by atoms with Crippen LogP contribution in [0.5, 0.6) is 0 Å². The van der Waals surface area contributed by atoms with Crippen molar-refractivity contribution in [2.24, 2.45) is 0 Å². The molecule has 3 rings (SSSR count). The lowest BCUT2D eigenvalue weighted by Gasteiger charge is -2.30. The van der Waals surface area contributed by atoms with Gasteiger partial charge in [-0.15, -0.1) is 0 Å². The van der Waals surface area contributed by atoms with Gasteiger partial charge in [0.15, 0.2) is 6.10 Å². The van der Waals surface area contributed by atoms with Crippen LogP contribution in [0.4, 0.5) is 15.8 Å². The number of ether oxygens (including phenoxy) is 1. The molecule has 0 fully saturated rings. The van der Waals surface area contributed by atoms with E-state index in [0.717, 1.165) is 0 Å². The second kappa shape index (κ2) is 7.99. The molecule has 2 amide bonds. The van der Waals surface area contributed by atoms with E-state index < -0.39 is 18.0 Å². The highest BCUT2D eigenvalue weighted by Crippen LogP contribution is 2.29. The fourth-order valence-corrected chi connectivity index (χ4v) is 2.89. The molecule has 0 aromatic heterocycles. The van der Waals surface area contributed by atoms with Gasteiger partial charge >= 0.3 is 5.97 Å². The summed E-state index contributed by atoms with van der Waals surface area (Å²) in [6.45, 7) is 1.31. The number of carbonyl (C=O) groups is 3. The van der Waals surface area contributed by atoms with Crippen molar-refractivity contribution in [3.05, 3.63) is 59.9 Å². The van der Waals surface area contributed by atoms with Gasteiger partial charge in [-0.1, -0.05) is 30.3 Å². The Morgan fingerprint density at radius 3 is 2.67 bits per heavy atom. The molecule has 27 heavy (non-hydrogen) atoms. The van der Waals surface area contributed by atoms with Crippen LogP contribution < -0.4 is 10.2 Å². The number of rotatable bonds is 5. The van der Waals surface area contributed by atoms with Crippen molar-refractivity contribution in [3.63, 3.8) is 0 Å². The van der Waals surface area contributed by atoms with Crippen molar-refractivity contribution in [1.29, 1.82) is 0 Å². The predicted molar refractivity (Wildman–Crippen MR) is 97.7 cm³/mol. The molecule has 140 valence electrons. The standard InChI is InChI=1S/C20H19FN2O4/c1-13(27-19(25)11-10-14-6-2-3-7-15(14)21)20(26)23-12-18(24)22-16-8-4-5-9-17(16)23/h2-9,13H,10-12H2,1H3,(H,22,24)/t13-/m0/s1. The molecule has 2 aromatic rings. The lowest BCUT2D eigenvalue weighted by Crippen LogP contribution is -2.47. The van der Waals surface area contributed by atoms with Crippen molar-refractivity contribution in [3.8, 4) is 0 Å². The van der Waals surface area contributed by atoms with E-state index in [4.69, 9.17) is 4.74 Å². The van der Waals surface area contributed by atoms with Gasteiger partial charge < -0.3 is 10.1 Å². The van der Waals surface area contributed by atoms with Gasteiger partial charge in [-0.25, -0.2) is 4.39 Å². The Kier molecular flexibility index (Phi) is 5.49. The van der Waals surface area contributed by atoms with Crippen molar-refractivity contribution >= 4 is 29.2 Å². The normalized spacial score (nSPS) is 14.1. The molecular formula is C20H19FN2O4. The number of aryl methyl sites for hydroxylation is 1. The van der Waals surface area contributed by atoms with E-state index in [2.05, 4.69) is 5.32 Å². The molecule has 0 spiro atoms. The number of fused-ring (bicyclic) bond motifs is 1. The van der Waals surface area contributed by atoms with Crippen molar-refractivity contribution in [2.45, 2.75) is 25.9 Å². The zero-order chi connectivity index (χ0) is 19.4. The number of nitrogens with zero attached hydrogens (tertiary/aromatic N) is 1. The largest absolute Gasteiger partial charge is 0.453 e. The lowest BCUT2D eigenvalue weighted by molar-refractivity contribution is -0.153. The number of hydrogen-bond acceptors (Lipinski definition) is 4. The number of nitrogens with one attached hydrogen (secondary N) is 1. The number of carbonyl (C=O) groups excluding carboxylic acids is 3. The number of anilines is 2. The van der Waals surface area contributed by atoms with E-state index in [1.165, 1.54) is 17.9 Å². The van der Waals surface area contributed by atoms with E-state index in [1.54, 1.807) is 42.5 Å². The summed E-state index contributed by atoms with van der Waals surface area (Å²) in [6.07, 6.45) is -0.922. The molecule has 1 aliphatic rings. The third-order valence-corrected chi connectivity index (χ3v) is 4.25. The second-order valence-corrected chi connectivity index (χ2v) is 6.21. The zero-order valence-corrected chi connectivity index (χ0v) is 14.8. The molecule has 0 saturated heterocycles. The fourth-order valence-electron chi connectivity index (χ4n) is 2.89. The summed E-state index contributed by atoms with van der Waals surface area (Å²) in [5.74, 6) is -1.80. The van der Waals surface area contributed by atoms with Gasteiger partial charge in [0.25, 0.3) is 5.91 Å². The van der Waals surface area contributed by atoms with Crippen LogP contribution in [-0.2, 0) is 25.5 Å². The molecule has 0 unspecified atom stereocenters. The first-order valence-electron chi connectivity index (χ1n) is 8.59. The van der Waals surface area contributed by atoms with E-state index in [9.17, 15) is 18.8 Å². The van der Waals surface area contributed by atoms with Crippen LogP contribution in [0, 0.1) is 5.82 Å². The number of amides is 2. The van der Waals surface area contributed by atoms with Gasteiger partial charge in [0.1, 0.15) is 12.4 Å². The number of halogens is 1. The number of hydrogen-bond donors (Lipinski definition) is 1. The maximum atomic E-state index is 13.6. The molecule has 1 heterocycles. The fraction of sp³-hybridized carbons (Fsp3) is 0.250. The van der Waals surface area contributed by atoms with Gasteiger partial charge in [0.05, 0.1) is 11.4 Å². The highest BCUT2D eigenvalue weighted by Gasteiger charge is 2.31. The minimum absolute atomic E-state index is 0.0460. The van der Waals surface area contributed by atoms with Crippen LogP contribution >= 0.6 is 0 Å². The van der Waals surface area contributed by atoms with Gasteiger partial charge in [-0.05, 0) is 37.1 Å². The topological polar surface area (TPSA) is 75.7 Å². The monoisotopic (exact) mass is 370 g/mol. The summed E-state index contributed by atoms with van der Waals surface area (Å²) >= 11 is 0. The third kappa shape index (κ3) is 4.31. The van der Waals surface area contributed by atoms with Crippen molar-refractivity contribution in [2.75, 3.05) is 16.8 Å². The molecule has 0 radical (unpaired) electrons. The summed E-state index contributed by atoms with van der Waals surface area (Å²) in [4.78, 5) is 37.8. The number of benzene rings is 2. The third-order valence-electron chi connectivity index (χ3n) is 4.25. The summed E-state index contributed by atoms with van der Waals surface area (Å²) in [5.41, 5.74) is 1.49. The highest BCUT2D eigenvalue weighted by molar-refractivity contribution is 6.11. The molecule has 6 nitrogen and oxygen atoms in total. The average molecular weight is 370 g/mol. The van der Waals surface area contributed by atoms with Crippen LogP contribution in [-0.4, -0.2) is 30.4 Å². The van der Waals surface area contributed by atoms with Crippen molar-refractivity contribution < 1.29 is 23.5 Å². The molecule has 1 atom stereocenters. The zero-order valence-electron chi connectivity index (χ0n) is 14.8. The molecule has 0 bridgehead atoms. The average Bonchev–Trinajstić information content (AvgIpc) is 2.66. The van der Waals surface area contributed by atoms with Gasteiger partial charge in [0.2, 0.25) is 5.91 Å². The molecular weight excluding hydrogens is 351 g/mol. The quantitative estimate of drug-likeness (QED) is 0.821. The number of para-hydroxylation sites is 2. The van der Waals surface area contributed by atoms with E-state index in [0.29, 0.717) is 16.9 Å². The first kappa shape index (κ1) is 18.6. The van der Waals surface area contributed by atoms with E-state index >= 15 is 0 Å². The Morgan fingerprint density at radius 1 is 1.19 bits per heavy atom. The van der Waals surface area contributed by atoms with E-state index in [1.807, 2.05) is 0 Å². The predicted octanol–water partition coefficient (Wildman–Crippen LogP) is 2.68. The first-order valence-corrected chi connectivity index (χ1v) is 8.59. The van der Waals surface area contributed by atoms with E-state index in [-0.39, 0.29) is 31.1 Å². The lowest BCUT2D eigenvalue weighted by atomic mass is 10.1. The Hall–Kier alpha value is -3.22. The minimum Gasteiger partial charge on any atom is -0.453 e. The Morgan fingerprint density at radius 2 is 1.89 bits per heavy atom. The van der Waals surface area contributed by atoms with Crippen LogP contribution in [0.1, 0.15) is 18.9 Å².